The highest BCUT2D eigenvalue weighted by Gasteiger charge is 2.14. The van der Waals surface area contributed by atoms with Crippen LogP contribution in [0.3, 0.4) is 0 Å². The third kappa shape index (κ3) is 4.14. The van der Waals surface area contributed by atoms with Gasteiger partial charge in [-0.3, -0.25) is 4.79 Å². The van der Waals surface area contributed by atoms with E-state index in [0.717, 1.165) is 31.6 Å². The summed E-state index contributed by atoms with van der Waals surface area (Å²) < 4.78 is 1.82. The fourth-order valence-corrected chi connectivity index (χ4v) is 1.63. The number of hydrogen-bond acceptors (Lipinski definition) is 4. The van der Waals surface area contributed by atoms with Crippen LogP contribution in [0, 0.1) is 0 Å². The van der Waals surface area contributed by atoms with Crippen molar-refractivity contribution in [1.82, 2.24) is 19.9 Å². The average Bonchev–Trinajstić information content (AvgIpc) is 2.58. The molecule has 1 aromatic rings. The number of hydrogen-bond donors (Lipinski definition) is 1. The minimum atomic E-state index is -0.859. The van der Waals surface area contributed by atoms with Crippen molar-refractivity contribution in [2.75, 3.05) is 20.6 Å². The zero-order chi connectivity index (χ0) is 12.8. The van der Waals surface area contributed by atoms with Gasteiger partial charge in [0.15, 0.2) is 0 Å². The second-order valence-electron chi connectivity index (χ2n) is 4.33. The van der Waals surface area contributed by atoms with Crippen LogP contribution in [0.2, 0.25) is 0 Å². The van der Waals surface area contributed by atoms with Gasteiger partial charge in [0.1, 0.15) is 0 Å². The predicted octanol–water partition coefficient (Wildman–Crippen LogP) is 0.419. The van der Waals surface area contributed by atoms with Crippen LogP contribution in [0.5, 0.6) is 0 Å². The van der Waals surface area contributed by atoms with Crippen LogP contribution in [0.25, 0.3) is 0 Å². The van der Waals surface area contributed by atoms with Crippen molar-refractivity contribution in [1.29, 1.82) is 0 Å². The monoisotopic (exact) mass is 240 g/mol. The highest BCUT2D eigenvalue weighted by molar-refractivity contribution is 5.69. The molecular formula is C11H20N4O2. The summed E-state index contributed by atoms with van der Waals surface area (Å²) in [4.78, 5) is 12.8. The Labute approximate surface area is 101 Å². The van der Waals surface area contributed by atoms with E-state index < -0.39 is 5.97 Å². The number of nitrogens with zero attached hydrogens (tertiary/aromatic N) is 4. The SMILES string of the molecule is CCCc1c(CC(=O)O)nnn1CCN(C)C. The number of carboxylic acids is 1. The summed E-state index contributed by atoms with van der Waals surface area (Å²) in [6.45, 7) is 3.68. The molecule has 6 nitrogen and oxygen atoms in total. The molecule has 17 heavy (non-hydrogen) atoms. The van der Waals surface area contributed by atoms with E-state index >= 15 is 0 Å². The van der Waals surface area contributed by atoms with Gasteiger partial charge in [0.2, 0.25) is 0 Å². The Morgan fingerprint density at radius 3 is 2.71 bits per heavy atom. The van der Waals surface area contributed by atoms with Crippen molar-refractivity contribution in [3.63, 3.8) is 0 Å². The number of carbonyl (C=O) groups is 1. The first-order valence-corrected chi connectivity index (χ1v) is 5.82. The van der Waals surface area contributed by atoms with E-state index in [1.54, 1.807) is 0 Å². The molecule has 0 atom stereocenters. The van der Waals surface area contributed by atoms with Gasteiger partial charge in [-0.25, -0.2) is 4.68 Å². The smallest absolute Gasteiger partial charge is 0.309 e. The molecule has 0 saturated heterocycles. The second kappa shape index (κ2) is 6.34. The number of likely N-dealkylation sites (N-methyl/N-ethyl adjacent to an activating group) is 1. The van der Waals surface area contributed by atoms with Gasteiger partial charge in [-0.15, -0.1) is 5.10 Å². The first-order chi connectivity index (χ1) is 8.04. The van der Waals surface area contributed by atoms with Crippen LogP contribution >= 0.6 is 0 Å². The van der Waals surface area contributed by atoms with E-state index in [2.05, 4.69) is 22.1 Å². The molecule has 0 unspecified atom stereocenters. The Morgan fingerprint density at radius 1 is 1.47 bits per heavy atom. The van der Waals surface area contributed by atoms with Gasteiger partial charge in [-0.05, 0) is 20.5 Å². The topological polar surface area (TPSA) is 71.2 Å². The first kappa shape index (κ1) is 13.6. The molecule has 1 N–H and O–H groups in total. The van der Waals surface area contributed by atoms with Crippen LogP contribution in [-0.4, -0.2) is 51.6 Å². The average molecular weight is 240 g/mol. The molecular weight excluding hydrogens is 220 g/mol. The molecule has 6 heteroatoms. The largest absolute Gasteiger partial charge is 0.481 e. The number of aromatic nitrogens is 3. The maximum atomic E-state index is 10.7. The molecule has 1 rings (SSSR count). The Morgan fingerprint density at radius 2 is 2.18 bits per heavy atom. The highest BCUT2D eigenvalue weighted by atomic mass is 16.4. The van der Waals surface area contributed by atoms with Gasteiger partial charge in [0, 0.05) is 6.54 Å². The van der Waals surface area contributed by atoms with E-state index in [4.69, 9.17) is 5.11 Å². The molecule has 0 fully saturated rings. The molecule has 1 aromatic heterocycles. The molecule has 0 amide bonds. The van der Waals surface area contributed by atoms with Crippen molar-refractivity contribution >= 4 is 5.97 Å². The Balaban J connectivity index is 2.81. The summed E-state index contributed by atoms with van der Waals surface area (Å²) in [7, 11) is 3.99. The van der Waals surface area contributed by atoms with Gasteiger partial charge in [0.25, 0.3) is 0 Å². The summed E-state index contributed by atoms with van der Waals surface area (Å²) in [6.07, 6.45) is 1.74. The lowest BCUT2D eigenvalue weighted by molar-refractivity contribution is -0.136. The lowest BCUT2D eigenvalue weighted by atomic mass is 10.1. The Bertz CT molecular complexity index is 374. The normalized spacial score (nSPS) is 11.1. The minimum absolute atomic E-state index is 0.0443. The summed E-state index contributed by atoms with van der Waals surface area (Å²) in [5, 5.41) is 16.8. The zero-order valence-corrected chi connectivity index (χ0v) is 10.7. The number of aliphatic carboxylic acids is 1. The number of rotatable bonds is 7. The third-order valence-electron chi connectivity index (χ3n) is 2.48. The van der Waals surface area contributed by atoms with Crippen LogP contribution < -0.4 is 0 Å². The van der Waals surface area contributed by atoms with E-state index in [1.165, 1.54) is 0 Å². The summed E-state index contributed by atoms with van der Waals surface area (Å²) in [5.74, 6) is -0.859. The third-order valence-corrected chi connectivity index (χ3v) is 2.48. The van der Waals surface area contributed by atoms with Gasteiger partial charge < -0.3 is 10.0 Å². The molecule has 0 radical (unpaired) electrons. The lowest BCUT2D eigenvalue weighted by Gasteiger charge is -2.11. The molecule has 0 aromatic carbocycles. The molecule has 96 valence electrons. The molecule has 0 saturated carbocycles. The summed E-state index contributed by atoms with van der Waals surface area (Å²) in [5.41, 5.74) is 1.55. The van der Waals surface area contributed by atoms with E-state index in [1.807, 2.05) is 18.8 Å². The van der Waals surface area contributed by atoms with Gasteiger partial charge in [-0.1, -0.05) is 18.6 Å². The van der Waals surface area contributed by atoms with E-state index in [9.17, 15) is 4.79 Å². The fourth-order valence-electron chi connectivity index (χ4n) is 1.63. The fraction of sp³-hybridized carbons (Fsp3) is 0.727. The quantitative estimate of drug-likeness (QED) is 0.748. The first-order valence-electron chi connectivity index (χ1n) is 5.82. The molecule has 0 aliphatic carbocycles. The van der Waals surface area contributed by atoms with Crippen molar-refractivity contribution in [2.24, 2.45) is 0 Å². The van der Waals surface area contributed by atoms with Crippen molar-refractivity contribution < 1.29 is 9.90 Å². The molecule has 0 bridgehead atoms. The van der Waals surface area contributed by atoms with E-state index in [0.29, 0.717) is 5.69 Å². The maximum absolute atomic E-state index is 10.7. The van der Waals surface area contributed by atoms with Gasteiger partial charge >= 0.3 is 5.97 Å². The summed E-state index contributed by atoms with van der Waals surface area (Å²) >= 11 is 0. The van der Waals surface area contributed by atoms with Crippen LogP contribution in [-0.2, 0) is 24.2 Å². The Hall–Kier alpha value is -1.43. The van der Waals surface area contributed by atoms with E-state index in [-0.39, 0.29) is 6.42 Å². The zero-order valence-electron chi connectivity index (χ0n) is 10.7. The van der Waals surface area contributed by atoms with Crippen molar-refractivity contribution in [3.8, 4) is 0 Å². The maximum Gasteiger partial charge on any atom is 0.309 e. The molecule has 0 aliphatic heterocycles. The van der Waals surface area contributed by atoms with Crippen LogP contribution in [0.15, 0.2) is 0 Å². The molecule has 0 spiro atoms. The van der Waals surface area contributed by atoms with Crippen LogP contribution in [0.1, 0.15) is 24.7 Å². The van der Waals surface area contributed by atoms with Gasteiger partial charge in [0.05, 0.1) is 24.4 Å². The van der Waals surface area contributed by atoms with Gasteiger partial charge in [-0.2, -0.15) is 0 Å². The highest BCUT2D eigenvalue weighted by Crippen LogP contribution is 2.09. The summed E-state index contributed by atoms with van der Waals surface area (Å²) in [6, 6.07) is 0. The Kier molecular flexibility index (Phi) is 5.09. The van der Waals surface area contributed by atoms with Crippen molar-refractivity contribution in [3.05, 3.63) is 11.4 Å². The lowest BCUT2D eigenvalue weighted by Crippen LogP contribution is -2.20. The molecule has 1 heterocycles. The van der Waals surface area contributed by atoms with Crippen LogP contribution in [0.4, 0.5) is 0 Å². The molecule has 0 aliphatic rings. The minimum Gasteiger partial charge on any atom is -0.481 e. The predicted molar refractivity (Wildman–Crippen MR) is 63.9 cm³/mol. The van der Waals surface area contributed by atoms with Crippen molar-refractivity contribution in [2.45, 2.75) is 32.7 Å². The standard InChI is InChI=1S/C11H20N4O2/c1-4-5-10-9(8-11(16)17)12-13-15(10)7-6-14(2)3/h4-8H2,1-3H3,(H,16,17). The second-order valence-corrected chi connectivity index (χ2v) is 4.33. The number of carboxylic acid groups (broad SMARTS) is 1.